The van der Waals surface area contributed by atoms with Crippen LogP contribution in [-0.2, 0) is 0 Å². The van der Waals surface area contributed by atoms with Crippen LogP contribution in [0.25, 0.3) is 0 Å². The van der Waals surface area contributed by atoms with E-state index in [2.05, 4.69) is 19.1 Å². The lowest BCUT2D eigenvalue weighted by Gasteiger charge is -1.91. The van der Waals surface area contributed by atoms with Crippen molar-refractivity contribution in [2.24, 2.45) is 0 Å². The van der Waals surface area contributed by atoms with Gasteiger partial charge in [-0.05, 0) is 32.4 Å². The van der Waals surface area contributed by atoms with Crippen molar-refractivity contribution in [1.29, 1.82) is 5.26 Å². The summed E-state index contributed by atoms with van der Waals surface area (Å²) in [5.74, 6) is 0. The Morgan fingerprint density at radius 1 is 1.36 bits per heavy atom. The smallest absolute Gasteiger partial charge is 0.0991 e. The highest BCUT2D eigenvalue weighted by molar-refractivity contribution is 5.38. The lowest BCUT2D eigenvalue weighted by atomic mass is 10.1. The number of hydrogen-bond acceptors (Lipinski definition) is 1. The van der Waals surface area contributed by atoms with Gasteiger partial charge in [-0.25, -0.2) is 0 Å². The third kappa shape index (κ3) is 8.80. The lowest BCUT2D eigenvalue weighted by molar-refractivity contribution is 1.20. The maximum absolute atomic E-state index is 8.68. The molecule has 0 amide bonds. The number of rotatable bonds is 3. The molecule has 0 aliphatic rings. The van der Waals surface area contributed by atoms with Gasteiger partial charge in [0.25, 0.3) is 0 Å². The number of nitriles is 1. The van der Waals surface area contributed by atoms with Gasteiger partial charge >= 0.3 is 0 Å². The first kappa shape index (κ1) is 15.2. The zero-order chi connectivity index (χ0) is 11.4. The lowest BCUT2D eigenvalue weighted by Crippen LogP contribution is -1.74. The van der Waals surface area contributed by atoms with Crippen molar-refractivity contribution in [1.82, 2.24) is 0 Å². The molecule has 0 saturated heterocycles. The summed E-state index contributed by atoms with van der Waals surface area (Å²) in [6, 6.07) is 2.13. The molecule has 0 N–H and O–H groups in total. The Bertz CT molecular complexity index is 249. The van der Waals surface area contributed by atoms with Gasteiger partial charge in [-0.3, -0.25) is 0 Å². The summed E-state index contributed by atoms with van der Waals surface area (Å²) < 4.78 is 0. The van der Waals surface area contributed by atoms with Gasteiger partial charge < -0.3 is 0 Å². The minimum atomic E-state index is 0.708. The van der Waals surface area contributed by atoms with Crippen LogP contribution in [-0.4, -0.2) is 0 Å². The minimum Gasteiger partial charge on any atom is -0.192 e. The SMILES string of the molecule is CC.C\C=C/C(C#N)=C\C(C)=C\CC. The Balaban J connectivity index is 0. The first-order valence-electron chi connectivity index (χ1n) is 5.15. The van der Waals surface area contributed by atoms with E-state index in [-0.39, 0.29) is 0 Å². The van der Waals surface area contributed by atoms with E-state index in [1.807, 2.05) is 45.9 Å². The van der Waals surface area contributed by atoms with Gasteiger partial charge in [0.1, 0.15) is 0 Å². The Kier molecular flexibility index (Phi) is 12.7. The van der Waals surface area contributed by atoms with Gasteiger partial charge in [0.05, 0.1) is 11.6 Å². The molecule has 0 bridgehead atoms. The molecule has 0 rings (SSSR count). The number of allylic oxidation sites excluding steroid dienone is 6. The van der Waals surface area contributed by atoms with Crippen LogP contribution in [0.4, 0.5) is 0 Å². The first-order chi connectivity index (χ1) is 6.74. The van der Waals surface area contributed by atoms with Gasteiger partial charge in [-0.15, -0.1) is 0 Å². The van der Waals surface area contributed by atoms with Crippen LogP contribution in [0.15, 0.2) is 35.5 Å². The largest absolute Gasteiger partial charge is 0.192 e. The Hall–Kier alpha value is -1.29. The maximum Gasteiger partial charge on any atom is 0.0991 e. The quantitative estimate of drug-likeness (QED) is 0.479. The van der Waals surface area contributed by atoms with Crippen molar-refractivity contribution < 1.29 is 0 Å². The highest BCUT2D eigenvalue weighted by Gasteiger charge is 1.87. The Labute approximate surface area is 88.4 Å². The van der Waals surface area contributed by atoms with E-state index in [9.17, 15) is 0 Å². The van der Waals surface area contributed by atoms with Crippen molar-refractivity contribution in [3.05, 3.63) is 35.5 Å². The Morgan fingerprint density at radius 2 is 1.93 bits per heavy atom. The van der Waals surface area contributed by atoms with Crippen LogP contribution in [0, 0.1) is 11.3 Å². The summed E-state index contributed by atoms with van der Waals surface area (Å²) in [4.78, 5) is 0. The van der Waals surface area contributed by atoms with E-state index in [0.717, 1.165) is 12.0 Å². The highest BCUT2D eigenvalue weighted by Crippen LogP contribution is 2.03. The van der Waals surface area contributed by atoms with Crippen molar-refractivity contribution in [3.8, 4) is 6.07 Å². The summed E-state index contributed by atoms with van der Waals surface area (Å²) in [5, 5.41) is 8.68. The van der Waals surface area contributed by atoms with Crippen molar-refractivity contribution >= 4 is 0 Å². The molecule has 0 aromatic heterocycles. The van der Waals surface area contributed by atoms with E-state index >= 15 is 0 Å². The minimum absolute atomic E-state index is 0.708. The van der Waals surface area contributed by atoms with Gasteiger partial charge in [0, 0.05) is 0 Å². The van der Waals surface area contributed by atoms with Gasteiger partial charge in [-0.2, -0.15) is 5.26 Å². The summed E-state index contributed by atoms with van der Waals surface area (Å²) in [6.07, 6.45) is 8.68. The predicted molar refractivity (Wildman–Crippen MR) is 63.9 cm³/mol. The summed E-state index contributed by atoms with van der Waals surface area (Å²) >= 11 is 0. The molecular weight excluding hydrogens is 170 g/mol. The molecule has 0 atom stereocenters. The fraction of sp³-hybridized carbons (Fsp3) is 0.462. The molecule has 0 aromatic carbocycles. The van der Waals surface area contributed by atoms with Crippen molar-refractivity contribution in [2.45, 2.75) is 41.0 Å². The second kappa shape index (κ2) is 11.7. The van der Waals surface area contributed by atoms with Gasteiger partial charge in [0.2, 0.25) is 0 Å². The number of hydrogen-bond donors (Lipinski definition) is 0. The zero-order valence-corrected chi connectivity index (χ0v) is 9.96. The third-order valence-electron chi connectivity index (χ3n) is 1.38. The van der Waals surface area contributed by atoms with Crippen molar-refractivity contribution in [3.63, 3.8) is 0 Å². The molecule has 0 unspecified atom stereocenters. The molecule has 0 aliphatic carbocycles. The molecule has 0 aromatic rings. The monoisotopic (exact) mass is 191 g/mol. The molecule has 1 nitrogen and oxygen atoms in total. The second-order valence-corrected chi connectivity index (χ2v) is 2.57. The standard InChI is InChI=1S/C11H15N.C2H6/c1-4-6-10(3)8-11(9-12)7-5-2;1-2/h5-8H,4H2,1-3H3;1-2H3/b7-5-,10-6+,11-8+;. The van der Waals surface area contributed by atoms with E-state index in [1.54, 1.807) is 0 Å². The van der Waals surface area contributed by atoms with E-state index in [0.29, 0.717) is 5.57 Å². The fourth-order valence-electron chi connectivity index (χ4n) is 0.923. The van der Waals surface area contributed by atoms with E-state index in [1.165, 1.54) is 0 Å². The average molecular weight is 191 g/mol. The second-order valence-electron chi connectivity index (χ2n) is 2.57. The van der Waals surface area contributed by atoms with E-state index in [4.69, 9.17) is 5.26 Å². The fourth-order valence-corrected chi connectivity index (χ4v) is 0.923. The average Bonchev–Trinajstić information content (AvgIpc) is 2.20. The predicted octanol–water partition coefficient (Wildman–Crippen LogP) is 4.39. The van der Waals surface area contributed by atoms with Crippen LogP contribution in [0.5, 0.6) is 0 Å². The van der Waals surface area contributed by atoms with Crippen LogP contribution in [0.2, 0.25) is 0 Å². The molecule has 1 heteroatoms. The molecule has 0 radical (unpaired) electrons. The third-order valence-corrected chi connectivity index (χ3v) is 1.38. The van der Waals surface area contributed by atoms with Gasteiger partial charge in [-0.1, -0.05) is 38.5 Å². The summed E-state index contributed by atoms with van der Waals surface area (Å²) in [5.41, 5.74) is 1.85. The van der Waals surface area contributed by atoms with Crippen LogP contribution in [0.1, 0.15) is 41.0 Å². The normalized spacial score (nSPS) is 12.0. The molecule has 0 fully saturated rings. The van der Waals surface area contributed by atoms with Crippen LogP contribution >= 0.6 is 0 Å². The molecular formula is C13H21N. The molecule has 0 heterocycles. The molecule has 0 saturated carbocycles. The highest BCUT2D eigenvalue weighted by atomic mass is 14.2. The Morgan fingerprint density at radius 3 is 2.29 bits per heavy atom. The summed E-state index contributed by atoms with van der Waals surface area (Å²) in [7, 11) is 0. The van der Waals surface area contributed by atoms with Crippen LogP contribution in [0.3, 0.4) is 0 Å². The van der Waals surface area contributed by atoms with E-state index < -0.39 is 0 Å². The topological polar surface area (TPSA) is 23.8 Å². The molecule has 78 valence electrons. The zero-order valence-electron chi connectivity index (χ0n) is 9.96. The summed E-state index contributed by atoms with van der Waals surface area (Å²) in [6.45, 7) is 9.99. The van der Waals surface area contributed by atoms with Gasteiger partial charge in [0.15, 0.2) is 0 Å². The molecule has 0 spiro atoms. The molecule has 0 aliphatic heterocycles. The first-order valence-corrected chi connectivity index (χ1v) is 5.15. The molecule has 14 heavy (non-hydrogen) atoms. The number of nitrogens with zero attached hydrogens (tertiary/aromatic N) is 1. The maximum atomic E-state index is 8.68. The van der Waals surface area contributed by atoms with Crippen LogP contribution < -0.4 is 0 Å². The van der Waals surface area contributed by atoms with Crippen molar-refractivity contribution in [2.75, 3.05) is 0 Å².